The molecule has 1 saturated heterocycles. The molecule has 10 nitrogen and oxygen atoms in total. The topological polar surface area (TPSA) is 121 Å². The lowest BCUT2D eigenvalue weighted by atomic mass is 10.1. The number of benzene rings is 2. The van der Waals surface area contributed by atoms with Gasteiger partial charge in [0.05, 0.1) is 6.04 Å². The smallest absolute Gasteiger partial charge is 0.422 e. The number of anilines is 1. The summed E-state index contributed by atoms with van der Waals surface area (Å²) >= 11 is 0. The van der Waals surface area contributed by atoms with Crippen molar-refractivity contribution >= 4 is 17.9 Å². The first-order chi connectivity index (χ1) is 19.0. The first-order valence-electron chi connectivity index (χ1n) is 12.4. The quantitative estimate of drug-likeness (QED) is 0.387. The highest BCUT2D eigenvalue weighted by atomic mass is 19.4. The minimum absolute atomic E-state index is 0.0365. The third-order valence-corrected chi connectivity index (χ3v) is 6.20. The number of carboxylic acid groups (broad SMARTS) is 1. The van der Waals surface area contributed by atoms with Crippen molar-refractivity contribution in [2.45, 2.75) is 32.1 Å². The molecule has 0 aliphatic carbocycles. The van der Waals surface area contributed by atoms with Crippen molar-refractivity contribution in [2.75, 3.05) is 31.6 Å². The van der Waals surface area contributed by atoms with Crippen molar-refractivity contribution in [3.8, 4) is 17.4 Å². The Labute approximate surface area is 226 Å². The van der Waals surface area contributed by atoms with Gasteiger partial charge in [-0.25, -0.2) is 9.18 Å². The number of carbonyl (C=O) groups excluding carboxylic acids is 1. The van der Waals surface area contributed by atoms with Crippen LogP contribution in [0.2, 0.25) is 0 Å². The van der Waals surface area contributed by atoms with E-state index in [0.717, 1.165) is 0 Å². The van der Waals surface area contributed by atoms with E-state index in [1.807, 2.05) is 6.92 Å². The molecular formula is C26H26F4N6O4. The summed E-state index contributed by atoms with van der Waals surface area (Å²) in [5.74, 6) is -0.871. The van der Waals surface area contributed by atoms with Gasteiger partial charge in [0.25, 0.3) is 5.91 Å². The molecule has 2 N–H and O–H groups in total. The normalized spacial score (nSPS) is 15.6. The summed E-state index contributed by atoms with van der Waals surface area (Å²) in [5.41, 5.74) is 1.27. The first-order valence-corrected chi connectivity index (χ1v) is 12.4. The molecule has 0 bridgehead atoms. The number of halogens is 4. The van der Waals surface area contributed by atoms with Crippen LogP contribution in [0.5, 0.6) is 6.01 Å². The van der Waals surface area contributed by atoms with Crippen LogP contribution < -0.4 is 10.1 Å². The summed E-state index contributed by atoms with van der Waals surface area (Å²) < 4.78 is 56.3. The molecule has 1 aliphatic heterocycles. The molecule has 0 saturated carbocycles. The molecule has 1 unspecified atom stereocenters. The van der Waals surface area contributed by atoms with Crippen LogP contribution in [-0.4, -0.2) is 80.3 Å². The van der Waals surface area contributed by atoms with Gasteiger partial charge in [-0.1, -0.05) is 31.2 Å². The Hall–Kier alpha value is -4.49. The number of carbonyl (C=O) groups is 2. The fourth-order valence-electron chi connectivity index (χ4n) is 4.17. The van der Waals surface area contributed by atoms with E-state index in [1.165, 1.54) is 35.2 Å². The van der Waals surface area contributed by atoms with Crippen molar-refractivity contribution in [1.29, 1.82) is 0 Å². The highest BCUT2D eigenvalue weighted by molar-refractivity contribution is 5.95. The number of piperazine rings is 1. The number of amides is 2. The molecule has 4 rings (SSSR count). The van der Waals surface area contributed by atoms with E-state index >= 15 is 0 Å². The SMILES string of the molecule is CCC1CN(C(=O)c2cccc(-c3nc(NCc4ccc(F)cc4)nc(OCC(F)(F)F)n3)c2)CCN1C(=O)O. The highest BCUT2D eigenvalue weighted by Gasteiger charge is 2.32. The fourth-order valence-corrected chi connectivity index (χ4v) is 4.17. The molecule has 3 aromatic rings. The van der Waals surface area contributed by atoms with Crippen molar-refractivity contribution in [2.24, 2.45) is 0 Å². The Morgan fingerprint density at radius 3 is 2.52 bits per heavy atom. The summed E-state index contributed by atoms with van der Waals surface area (Å²) in [6.07, 6.45) is -5.12. The van der Waals surface area contributed by atoms with Crippen molar-refractivity contribution in [3.05, 3.63) is 65.5 Å². The second-order valence-corrected chi connectivity index (χ2v) is 9.02. The van der Waals surface area contributed by atoms with E-state index in [-0.39, 0.29) is 55.5 Å². The maximum Gasteiger partial charge on any atom is 0.422 e. The van der Waals surface area contributed by atoms with Crippen molar-refractivity contribution in [1.82, 2.24) is 24.8 Å². The molecule has 2 aromatic carbocycles. The van der Waals surface area contributed by atoms with Gasteiger partial charge in [0, 0.05) is 37.3 Å². The van der Waals surface area contributed by atoms with Crippen LogP contribution in [0, 0.1) is 5.82 Å². The molecule has 2 amide bonds. The molecule has 1 fully saturated rings. The average molecular weight is 563 g/mol. The van der Waals surface area contributed by atoms with Crippen LogP contribution in [0.1, 0.15) is 29.3 Å². The summed E-state index contributed by atoms with van der Waals surface area (Å²) in [6.45, 7) is 0.982. The molecule has 1 aliphatic rings. The van der Waals surface area contributed by atoms with E-state index in [4.69, 9.17) is 4.74 Å². The Morgan fingerprint density at radius 2 is 1.85 bits per heavy atom. The van der Waals surface area contributed by atoms with Gasteiger partial charge in [-0.15, -0.1) is 0 Å². The Morgan fingerprint density at radius 1 is 1.10 bits per heavy atom. The minimum atomic E-state index is -4.62. The number of nitrogens with zero attached hydrogens (tertiary/aromatic N) is 5. The van der Waals surface area contributed by atoms with Crippen LogP contribution in [0.4, 0.5) is 28.3 Å². The van der Waals surface area contributed by atoms with Gasteiger partial charge in [-0.3, -0.25) is 4.79 Å². The van der Waals surface area contributed by atoms with Gasteiger partial charge in [0.2, 0.25) is 5.95 Å². The Balaban J connectivity index is 1.58. The maximum atomic E-state index is 13.3. The summed E-state index contributed by atoms with van der Waals surface area (Å²) in [7, 11) is 0. The zero-order chi connectivity index (χ0) is 28.9. The number of rotatable bonds is 8. The van der Waals surface area contributed by atoms with E-state index in [1.54, 1.807) is 23.1 Å². The van der Waals surface area contributed by atoms with Crippen molar-refractivity contribution in [3.63, 3.8) is 0 Å². The zero-order valence-corrected chi connectivity index (χ0v) is 21.4. The number of hydrogen-bond donors (Lipinski definition) is 2. The minimum Gasteiger partial charge on any atom is -0.465 e. The number of aromatic nitrogens is 3. The highest BCUT2D eigenvalue weighted by Crippen LogP contribution is 2.24. The largest absolute Gasteiger partial charge is 0.465 e. The van der Waals surface area contributed by atoms with E-state index < -0.39 is 30.7 Å². The fraction of sp³-hybridized carbons (Fsp3) is 0.346. The molecule has 14 heteroatoms. The summed E-state index contributed by atoms with van der Waals surface area (Å²) in [5, 5.41) is 12.3. The predicted octanol–water partition coefficient (Wildman–Crippen LogP) is 4.45. The number of hydrogen-bond acceptors (Lipinski definition) is 7. The van der Waals surface area contributed by atoms with E-state index in [0.29, 0.717) is 17.5 Å². The van der Waals surface area contributed by atoms with Gasteiger partial charge in [-0.05, 0) is 36.2 Å². The number of nitrogens with one attached hydrogen (secondary N) is 1. The van der Waals surface area contributed by atoms with Crippen LogP contribution in [-0.2, 0) is 6.54 Å². The third kappa shape index (κ3) is 7.33. The van der Waals surface area contributed by atoms with E-state index in [2.05, 4.69) is 20.3 Å². The summed E-state index contributed by atoms with van der Waals surface area (Å²) in [6, 6.07) is 10.9. The molecule has 0 spiro atoms. The molecule has 1 atom stereocenters. The van der Waals surface area contributed by atoms with Gasteiger partial charge < -0.3 is 25.0 Å². The van der Waals surface area contributed by atoms with E-state index in [9.17, 15) is 32.3 Å². The maximum absolute atomic E-state index is 13.3. The van der Waals surface area contributed by atoms with Crippen LogP contribution >= 0.6 is 0 Å². The predicted molar refractivity (Wildman–Crippen MR) is 135 cm³/mol. The van der Waals surface area contributed by atoms with Gasteiger partial charge in [-0.2, -0.15) is 28.1 Å². The second kappa shape index (κ2) is 12.1. The Bertz CT molecular complexity index is 1360. The molecule has 40 heavy (non-hydrogen) atoms. The van der Waals surface area contributed by atoms with Crippen LogP contribution in [0.25, 0.3) is 11.4 Å². The zero-order valence-electron chi connectivity index (χ0n) is 21.4. The first kappa shape index (κ1) is 28.5. The van der Waals surface area contributed by atoms with Gasteiger partial charge in [0.15, 0.2) is 12.4 Å². The molecule has 1 aromatic heterocycles. The lowest BCUT2D eigenvalue weighted by molar-refractivity contribution is -0.154. The lowest BCUT2D eigenvalue weighted by Crippen LogP contribution is -2.56. The standard InChI is InChI=1S/C26H26F4N6O4/c1-2-20-14-35(10-11-36(20)25(38)39)22(37)18-5-3-4-17(12-18)21-32-23(31-13-16-6-8-19(27)9-7-16)34-24(33-21)40-15-26(28,29)30/h3-9,12,20H,2,10-11,13-15H2,1H3,(H,38,39)(H,31,32,33,34). The average Bonchev–Trinajstić information content (AvgIpc) is 2.94. The van der Waals surface area contributed by atoms with Crippen LogP contribution in [0.15, 0.2) is 48.5 Å². The molecule has 0 radical (unpaired) electrons. The molecular weight excluding hydrogens is 536 g/mol. The number of alkyl halides is 3. The van der Waals surface area contributed by atoms with Gasteiger partial charge >= 0.3 is 18.3 Å². The lowest BCUT2D eigenvalue weighted by Gasteiger charge is -2.39. The monoisotopic (exact) mass is 562 g/mol. The third-order valence-electron chi connectivity index (χ3n) is 6.20. The van der Waals surface area contributed by atoms with Crippen molar-refractivity contribution < 1.29 is 37.0 Å². The van der Waals surface area contributed by atoms with Crippen LogP contribution in [0.3, 0.4) is 0 Å². The molecule has 2 heterocycles. The Kier molecular flexibility index (Phi) is 8.65. The number of ether oxygens (including phenoxy) is 1. The second-order valence-electron chi connectivity index (χ2n) is 9.02. The summed E-state index contributed by atoms with van der Waals surface area (Å²) in [4.78, 5) is 39.8. The molecule has 212 valence electrons. The van der Waals surface area contributed by atoms with Gasteiger partial charge in [0.1, 0.15) is 5.82 Å².